The number of fused-ring (bicyclic) bond motifs is 1. The Hall–Kier alpha value is -2.75. The summed E-state index contributed by atoms with van der Waals surface area (Å²) in [6.07, 6.45) is -0.406. The van der Waals surface area contributed by atoms with Crippen molar-refractivity contribution in [2.45, 2.75) is 32.2 Å². The highest BCUT2D eigenvalue weighted by molar-refractivity contribution is 7.09. The van der Waals surface area contributed by atoms with Crippen LogP contribution in [0.3, 0.4) is 0 Å². The standard InChI is InChI=1S/C22H26N4O4S/c1-29-11-9-24(16-18-8-5-13-31-18)20(27)14-19-21-23-26(15-17-6-3-2-4-7-17)22(28)25(21)10-12-30-19/h2-8,13,19H,9-12,14-16H2,1H3. The number of nitrogens with zero attached hydrogens (tertiary/aromatic N) is 4. The Labute approximate surface area is 184 Å². The summed E-state index contributed by atoms with van der Waals surface area (Å²) >= 11 is 1.62. The number of methoxy groups -OCH3 is 1. The second-order valence-corrected chi connectivity index (χ2v) is 8.42. The van der Waals surface area contributed by atoms with E-state index < -0.39 is 6.10 Å². The molecule has 0 spiro atoms. The first-order chi connectivity index (χ1) is 15.2. The molecule has 0 aliphatic carbocycles. The summed E-state index contributed by atoms with van der Waals surface area (Å²) in [7, 11) is 1.62. The zero-order chi connectivity index (χ0) is 21.6. The summed E-state index contributed by atoms with van der Waals surface area (Å²) in [4.78, 5) is 28.8. The Kier molecular flexibility index (Phi) is 6.96. The molecule has 3 aromatic rings. The molecular weight excluding hydrogens is 416 g/mol. The molecule has 1 aromatic carbocycles. The van der Waals surface area contributed by atoms with Gasteiger partial charge in [-0.3, -0.25) is 9.36 Å². The Morgan fingerprint density at radius 1 is 1.29 bits per heavy atom. The highest BCUT2D eigenvalue weighted by Gasteiger charge is 2.30. The van der Waals surface area contributed by atoms with Crippen LogP contribution in [0.2, 0.25) is 0 Å². The van der Waals surface area contributed by atoms with Crippen LogP contribution in [0, 0.1) is 0 Å². The van der Waals surface area contributed by atoms with Crippen molar-refractivity contribution in [2.75, 3.05) is 26.9 Å². The van der Waals surface area contributed by atoms with Crippen LogP contribution in [0.5, 0.6) is 0 Å². The number of hydrogen-bond acceptors (Lipinski definition) is 6. The molecule has 3 heterocycles. The monoisotopic (exact) mass is 442 g/mol. The molecule has 8 nitrogen and oxygen atoms in total. The van der Waals surface area contributed by atoms with Crippen LogP contribution in [0.15, 0.2) is 52.6 Å². The third kappa shape index (κ3) is 5.12. The second kappa shape index (κ2) is 10.0. The summed E-state index contributed by atoms with van der Waals surface area (Å²) < 4.78 is 14.1. The van der Waals surface area contributed by atoms with Crippen LogP contribution in [-0.4, -0.2) is 52.0 Å². The van der Waals surface area contributed by atoms with Crippen LogP contribution in [0.25, 0.3) is 0 Å². The van der Waals surface area contributed by atoms with E-state index in [0.717, 1.165) is 10.4 Å². The first-order valence-electron chi connectivity index (χ1n) is 10.3. The van der Waals surface area contributed by atoms with Crippen LogP contribution in [-0.2, 0) is 33.9 Å². The van der Waals surface area contributed by atoms with Crippen LogP contribution < -0.4 is 5.69 Å². The average Bonchev–Trinajstić information content (AvgIpc) is 3.41. The molecule has 0 fully saturated rings. The first-order valence-corrected chi connectivity index (χ1v) is 11.2. The fraction of sp³-hybridized carbons (Fsp3) is 0.409. The third-order valence-electron chi connectivity index (χ3n) is 5.25. The van der Waals surface area contributed by atoms with Gasteiger partial charge in [0.05, 0.1) is 39.3 Å². The molecule has 1 aliphatic heterocycles. The number of thiophene rings is 1. The second-order valence-electron chi connectivity index (χ2n) is 7.39. The van der Waals surface area contributed by atoms with Gasteiger partial charge in [0.15, 0.2) is 5.82 Å². The Balaban J connectivity index is 1.51. The molecule has 4 rings (SSSR count). The van der Waals surface area contributed by atoms with Crippen molar-refractivity contribution in [1.29, 1.82) is 0 Å². The minimum Gasteiger partial charge on any atom is -0.383 e. The van der Waals surface area contributed by atoms with Crippen molar-refractivity contribution >= 4 is 17.2 Å². The molecule has 1 atom stereocenters. The summed E-state index contributed by atoms with van der Waals surface area (Å²) in [5.41, 5.74) is 0.824. The fourth-order valence-corrected chi connectivity index (χ4v) is 4.37. The van der Waals surface area contributed by atoms with E-state index in [1.54, 1.807) is 27.9 Å². The number of benzene rings is 1. The number of ether oxygens (including phenoxy) is 2. The quantitative estimate of drug-likeness (QED) is 0.508. The molecule has 1 unspecified atom stereocenters. The van der Waals surface area contributed by atoms with Gasteiger partial charge in [-0.2, -0.15) is 5.10 Å². The average molecular weight is 443 g/mol. The number of carbonyl (C=O) groups is 1. The van der Waals surface area contributed by atoms with E-state index >= 15 is 0 Å². The minimum atomic E-state index is -0.542. The van der Waals surface area contributed by atoms with E-state index in [4.69, 9.17) is 9.47 Å². The topological polar surface area (TPSA) is 78.6 Å². The maximum absolute atomic E-state index is 13.1. The van der Waals surface area contributed by atoms with Crippen molar-refractivity contribution in [3.8, 4) is 0 Å². The van der Waals surface area contributed by atoms with Crippen molar-refractivity contribution in [3.63, 3.8) is 0 Å². The molecular formula is C22H26N4O4S. The van der Waals surface area contributed by atoms with Gasteiger partial charge in [-0.1, -0.05) is 36.4 Å². The molecule has 164 valence electrons. The van der Waals surface area contributed by atoms with Gasteiger partial charge in [-0.25, -0.2) is 9.48 Å². The Bertz CT molecular complexity index is 1050. The Morgan fingerprint density at radius 2 is 2.13 bits per heavy atom. The van der Waals surface area contributed by atoms with Gasteiger partial charge in [0, 0.05) is 18.5 Å². The largest absolute Gasteiger partial charge is 0.383 e. The van der Waals surface area contributed by atoms with Crippen LogP contribution in [0.1, 0.15) is 28.8 Å². The van der Waals surface area contributed by atoms with Gasteiger partial charge >= 0.3 is 5.69 Å². The number of hydrogen-bond donors (Lipinski definition) is 0. The van der Waals surface area contributed by atoms with Gasteiger partial charge < -0.3 is 14.4 Å². The normalized spacial score (nSPS) is 15.6. The molecule has 9 heteroatoms. The summed E-state index contributed by atoms with van der Waals surface area (Å²) in [6, 6.07) is 13.7. The van der Waals surface area contributed by atoms with Crippen LogP contribution >= 0.6 is 11.3 Å². The van der Waals surface area contributed by atoms with Crippen molar-refractivity contribution < 1.29 is 14.3 Å². The van der Waals surface area contributed by atoms with Gasteiger partial charge in [-0.15, -0.1) is 11.3 Å². The lowest BCUT2D eigenvalue weighted by molar-refractivity contribution is -0.136. The SMILES string of the molecule is COCCN(Cc1cccs1)C(=O)CC1OCCn2c1nn(Cc1ccccc1)c2=O. The lowest BCUT2D eigenvalue weighted by atomic mass is 10.2. The molecule has 2 aromatic heterocycles. The van der Waals surface area contributed by atoms with Crippen molar-refractivity contribution in [3.05, 3.63) is 74.6 Å². The number of carbonyl (C=O) groups excluding carboxylic acids is 1. The summed E-state index contributed by atoms with van der Waals surface area (Å²) in [6.45, 7) is 2.69. The van der Waals surface area contributed by atoms with Gasteiger partial charge in [0.2, 0.25) is 5.91 Å². The highest BCUT2D eigenvalue weighted by atomic mass is 32.1. The predicted molar refractivity (Wildman–Crippen MR) is 117 cm³/mol. The minimum absolute atomic E-state index is 0.0473. The first kappa shape index (κ1) is 21.5. The molecule has 0 saturated carbocycles. The van der Waals surface area contributed by atoms with E-state index in [-0.39, 0.29) is 18.0 Å². The number of amides is 1. The lowest BCUT2D eigenvalue weighted by Crippen LogP contribution is -2.36. The lowest BCUT2D eigenvalue weighted by Gasteiger charge is -2.26. The Morgan fingerprint density at radius 3 is 2.87 bits per heavy atom. The van der Waals surface area contributed by atoms with E-state index in [1.165, 1.54) is 4.68 Å². The van der Waals surface area contributed by atoms with E-state index in [2.05, 4.69) is 5.10 Å². The molecule has 0 saturated heterocycles. The maximum atomic E-state index is 13.1. The molecule has 1 amide bonds. The highest BCUT2D eigenvalue weighted by Crippen LogP contribution is 2.24. The third-order valence-corrected chi connectivity index (χ3v) is 6.11. The van der Waals surface area contributed by atoms with Crippen molar-refractivity contribution in [1.82, 2.24) is 19.2 Å². The summed E-state index contributed by atoms with van der Waals surface area (Å²) in [5.74, 6) is 0.470. The zero-order valence-corrected chi connectivity index (χ0v) is 18.3. The van der Waals surface area contributed by atoms with Gasteiger partial charge in [-0.05, 0) is 17.0 Å². The van der Waals surface area contributed by atoms with Gasteiger partial charge in [0.1, 0.15) is 6.10 Å². The number of rotatable bonds is 9. The van der Waals surface area contributed by atoms with E-state index in [1.807, 2.05) is 47.8 Å². The predicted octanol–water partition coefficient (Wildman–Crippen LogP) is 2.29. The molecule has 0 N–H and O–H groups in total. The molecule has 31 heavy (non-hydrogen) atoms. The maximum Gasteiger partial charge on any atom is 0.346 e. The molecule has 0 bridgehead atoms. The summed E-state index contributed by atoms with van der Waals surface area (Å²) in [5, 5.41) is 6.52. The van der Waals surface area contributed by atoms with Crippen LogP contribution in [0.4, 0.5) is 0 Å². The van der Waals surface area contributed by atoms with E-state index in [0.29, 0.717) is 45.2 Å². The smallest absolute Gasteiger partial charge is 0.346 e. The number of aromatic nitrogens is 3. The van der Waals surface area contributed by atoms with Crippen molar-refractivity contribution in [2.24, 2.45) is 0 Å². The van der Waals surface area contributed by atoms with E-state index in [9.17, 15) is 9.59 Å². The molecule has 0 radical (unpaired) electrons. The zero-order valence-electron chi connectivity index (χ0n) is 17.5. The van der Waals surface area contributed by atoms with Gasteiger partial charge in [0.25, 0.3) is 0 Å². The fourth-order valence-electron chi connectivity index (χ4n) is 3.65. The molecule has 1 aliphatic rings.